The lowest BCUT2D eigenvalue weighted by Gasteiger charge is -2.14. The largest absolute Gasteiger partial charge is 0.496 e. The van der Waals surface area contributed by atoms with E-state index in [4.69, 9.17) is 4.74 Å². The summed E-state index contributed by atoms with van der Waals surface area (Å²) in [6.45, 7) is 0.662. The maximum Gasteiger partial charge on any atom is 0.264 e. The number of hydrogen-bond donors (Lipinski definition) is 3. The first-order valence-corrected chi connectivity index (χ1v) is 14.5. The molecule has 0 spiro atoms. The number of hydrogen-bond acceptors (Lipinski definition) is 6. The van der Waals surface area contributed by atoms with Crippen molar-refractivity contribution in [2.24, 2.45) is 0 Å². The Bertz CT molecular complexity index is 1710. The van der Waals surface area contributed by atoms with E-state index in [1.54, 1.807) is 86.9 Å². The van der Waals surface area contributed by atoms with Crippen molar-refractivity contribution >= 4 is 33.2 Å². The van der Waals surface area contributed by atoms with E-state index in [0.717, 1.165) is 6.07 Å². The zero-order chi connectivity index (χ0) is 30.3. The molecule has 9 nitrogen and oxygen atoms in total. The van der Waals surface area contributed by atoms with Crippen molar-refractivity contribution < 1.29 is 27.1 Å². The lowest BCUT2D eigenvalue weighted by Crippen LogP contribution is -2.29. The van der Waals surface area contributed by atoms with Gasteiger partial charge in [-0.1, -0.05) is 36.4 Å². The first-order chi connectivity index (χ1) is 20.1. The Labute approximate surface area is 244 Å². The van der Waals surface area contributed by atoms with Gasteiger partial charge in [0.05, 0.1) is 18.4 Å². The molecule has 218 valence electrons. The van der Waals surface area contributed by atoms with Crippen molar-refractivity contribution in [3.8, 4) is 16.9 Å². The number of halogens is 1. The molecule has 4 aromatic rings. The van der Waals surface area contributed by atoms with E-state index >= 15 is 0 Å². The number of amides is 2. The standard InChI is InChI=1S/C31H31FN4O5S/c1-36(2)31(38)23-9-6-8-21(18-23)22-14-15-27(32)29(19-22)42(39,40)35-25-11-7-10-24(20-25)33-16-17-34-30(37)26-12-4-5-13-28(26)41-3/h4-15,18-20,33,35H,16-17H2,1-3H3,(H,34,37). The maximum atomic E-state index is 14.8. The van der Waals surface area contributed by atoms with Crippen LogP contribution in [0.3, 0.4) is 0 Å². The lowest BCUT2D eigenvalue weighted by molar-refractivity contribution is 0.0827. The zero-order valence-electron chi connectivity index (χ0n) is 23.3. The molecule has 2 amide bonds. The van der Waals surface area contributed by atoms with Gasteiger partial charge in [0.15, 0.2) is 0 Å². The van der Waals surface area contributed by atoms with E-state index in [-0.39, 0.29) is 17.5 Å². The Morgan fingerprint density at radius 2 is 1.55 bits per heavy atom. The number of methoxy groups -OCH3 is 1. The summed E-state index contributed by atoms with van der Waals surface area (Å²) in [5.74, 6) is -0.929. The molecular formula is C31H31FN4O5S. The summed E-state index contributed by atoms with van der Waals surface area (Å²) >= 11 is 0. The summed E-state index contributed by atoms with van der Waals surface area (Å²) in [6, 6.07) is 23.9. The topological polar surface area (TPSA) is 117 Å². The van der Waals surface area contributed by atoms with Crippen molar-refractivity contribution in [3.63, 3.8) is 0 Å². The molecule has 0 aliphatic rings. The highest BCUT2D eigenvalue weighted by Crippen LogP contribution is 2.28. The number of para-hydroxylation sites is 1. The Hall–Kier alpha value is -4.90. The molecule has 0 unspecified atom stereocenters. The highest BCUT2D eigenvalue weighted by Gasteiger charge is 2.21. The van der Waals surface area contributed by atoms with Crippen LogP contribution in [0.25, 0.3) is 11.1 Å². The number of carbonyl (C=O) groups excluding carboxylic acids is 2. The quantitative estimate of drug-likeness (QED) is 0.215. The average Bonchev–Trinajstić information content (AvgIpc) is 2.99. The van der Waals surface area contributed by atoms with Crippen LogP contribution in [-0.2, 0) is 10.0 Å². The van der Waals surface area contributed by atoms with Crippen LogP contribution in [0.15, 0.2) is 95.9 Å². The van der Waals surface area contributed by atoms with E-state index in [9.17, 15) is 22.4 Å². The molecule has 4 aromatic carbocycles. The number of benzene rings is 4. The van der Waals surface area contributed by atoms with Crippen molar-refractivity contribution in [2.45, 2.75) is 4.90 Å². The van der Waals surface area contributed by atoms with Crippen LogP contribution < -0.4 is 20.1 Å². The van der Waals surface area contributed by atoms with Crippen LogP contribution in [0.2, 0.25) is 0 Å². The molecule has 0 radical (unpaired) electrons. The molecule has 0 aromatic heterocycles. The summed E-state index contributed by atoms with van der Waals surface area (Å²) in [7, 11) is 0.461. The first-order valence-electron chi connectivity index (χ1n) is 13.0. The second-order valence-corrected chi connectivity index (χ2v) is 11.1. The van der Waals surface area contributed by atoms with E-state index in [1.807, 2.05) is 0 Å². The number of nitrogens with one attached hydrogen (secondary N) is 3. The number of rotatable bonds is 11. The van der Waals surface area contributed by atoms with Gasteiger partial charge < -0.3 is 20.3 Å². The molecule has 0 aliphatic heterocycles. The molecule has 4 rings (SSSR count). The van der Waals surface area contributed by atoms with Crippen LogP contribution in [0.1, 0.15) is 20.7 Å². The molecule has 0 atom stereocenters. The smallest absolute Gasteiger partial charge is 0.264 e. The van der Waals surface area contributed by atoms with Gasteiger partial charge in [-0.3, -0.25) is 14.3 Å². The van der Waals surface area contributed by atoms with E-state index in [0.29, 0.717) is 46.8 Å². The highest BCUT2D eigenvalue weighted by molar-refractivity contribution is 7.92. The second-order valence-electron chi connectivity index (χ2n) is 9.49. The van der Waals surface area contributed by atoms with Gasteiger partial charge in [0.1, 0.15) is 16.5 Å². The molecule has 0 saturated heterocycles. The predicted octanol–water partition coefficient (Wildman–Crippen LogP) is 4.85. The Kier molecular flexibility index (Phi) is 9.43. The van der Waals surface area contributed by atoms with Gasteiger partial charge in [-0.2, -0.15) is 0 Å². The molecule has 11 heteroatoms. The molecule has 0 saturated carbocycles. The molecule has 0 heterocycles. The third-order valence-electron chi connectivity index (χ3n) is 6.28. The summed E-state index contributed by atoms with van der Waals surface area (Å²) in [5.41, 5.74) is 2.68. The fourth-order valence-electron chi connectivity index (χ4n) is 4.19. The van der Waals surface area contributed by atoms with E-state index in [2.05, 4.69) is 15.4 Å². The Balaban J connectivity index is 1.43. The SMILES string of the molecule is COc1ccccc1C(=O)NCCNc1cccc(NS(=O)(=O)c2cc(-c3cccc(C(=O)N(C)C)c3)ccc2F)c1. The summed E-state index contributed by atoms with van der Waals surface area (Å²) in [5, 5.41) is 5.93. The maximum absolute atomic E-state index is 14.8. The minimum Gasteiger partial charge on any atom is -0.496 e. The van der Waals surface area contributed by atoms with Crippen molar-refractivity contribution in [1.29, 1.82) is 0 Å². The van der Waals surface area contributed by atoms with Gasteiger partial charge >= 0.3 is 0 Å². The van der Waals surface area contributed by atoms with Crippen LogP contribution in [0.5, 0.6) is 5.75 Å². The third kappa shape index (κ3) is 7.24. The number of nitrogens with zero attached hydrogens (tertiary/aromatic N) is 1. The van der Waals surface area contributed by atoms with Crippen LogP contribution in [0.4, 0.5) is 15.8 Å². The monoisotopic (exact) mass is 590 g/mol. The average molecular weight is 591 g/mol. The van der Waals surface area contributed by atoms with Crippen LogP contribution in [0, 0.1) is 5.82 Å². The van der Waals surface area contributed by atoms with E-state index in [1.165, 1.54) is 24.1 Å². The van der Waals surface area contributed by atoms with Crippen molar-refractivity contribution in [2.75, 3.05) is 44.3 Å². The van der Waals surface area contributed by atoms with Crippen molar-refractivity contribution in [3.05, 3.63) is 108 Å². The van der Waals surface area contributed by atoms with Gasteiger partial charge in [-0.25, -0.2) is 12.8 Å². The molecule has 3 N–H and O–H groups in total. The number of carbonyl (C=O) groups is 2. The fraction of sp³-hybridized carbons (Fsp3) is 0.161. The normalized spacial score (nSPS) is 11.0. The first kappa shape index (κ1) is 30.1. The van der Waals surface area contributed by atoms with Gasteiger partial charge in [-0.05, 0) is 65.7 Å². The number of sulfonamides is 1. The molecule has 0 fully saturated rings. The minimum absolute atomic E-state index is 0.208. The fourth-order valence-corrected chi connectivity index (χ4v) is 5.35. The Morgan fingerprint density at radius 3 is 2.31 bits per heavy atom. The van der Waals surface area contributed by atoms with E-state index < -0.39 is 20.7 Å². The summed E-state index contributed by atoms with van der Waals surface area (Å²) in [6.07, 6.45) is 0. The molecule has 42 heavy (non-hydrogen) atoms. The van der Waals surface area contributed by atoms with Gasteiger partial charge in [0, 0.05) is 38.4 Å². The lowest BCUT2D eigenvalue weighted by atomic mass is 10.0. The Morgan fingerprint density at radius 1 is 0.833 bits per heavy atom. The third-order valence-corrected chi connectivity index (χ3v) is 7.67. The van der Waals surface area contributed by atoms with Gasteiger partial charge in [0.25, 0.3) is 21.8 Å². The van der Waals surface area contributed by atoms with Gasteiger partial charge in [-0.15, -0.1) is 0 Å². The van der Waals surface area contributed by atoms with Crippen molar-refractivity contribution in [1.82, 2.24) is 10.2 Å². The molecule has 0 aliphatic carbocycles. The zero-order valence-corrected chi connectivity index (χ0v) is 24.2. The minimum atomic E-state index is -4.30. The number of ether oxygens (including phenoxy) is 1. The molecule has 0 bridgehead atoms. The van der Waals surface area contributed by atoms with Crippen LogP contribution in [-0.4, -0.2) is 59.4 Å². The summed E-state index contributed by atoms with van der Waals surface area (Å²) < 4.78 is 48.9. The second kappa shape index (κ2) is 13.2. The predicted molar refractivity (Wildman–Crippen MR) is 161 cm³/mol. The summed E-state index contributed by atoms with van der Waals surface area (Å²) in [4.78, 5) is 25.7. The molecular weight excluding hydrogens is 559 g/mol. The highest BCUT2D eigenvalue weighted by atomic mass is 32.2. The van der Waals surface area contributed by atoms with Crippen LogP contribution >= 0.6 is 0 Å². The number of anilines is 2. The van der Waals surface area contributed by atoms with Gasteiger partial charge in [0.2, 0.25) is 0 Å².